The van der Waals surface area contributed by atoms with E-state index in [4.69, 9.17) is 9.47 Å². The SMILES string of the molecule is CC(C)CC(C(=O)OCC1CC1)c1cc(OCC2CC2)c(-c2ccc(C(F)(F)F)cc2)cc1F. The van der Waals surface area contributed by atoms with Crippen LogP contribution in [0.3, 0.4) is 0 Å². The van der Waals surface area contributed by atoms with E-state index in [9.17, 15) is 18.0 Å². The van der Waals surface area contributed by atoms with Gasteiger partial charge in [0.05, 0.1) is 24.7 Å². The Bertz CT molecular complexity index is 1010. The lowest BCUT2D eigenvalue weighted by Crippen LogP contribution is -2.20. The van der Waals surface area contributed by atoms with Gasteiger partial charge in [-0.2, -0.15) is 13.2 Å². The predicted molar refractivity (Wildman–Crippen MR) is 121 cm³/mol. The van der Waals surface area contributed by atoms with Crippen LogP contribution < -0.4 is 4.74 Å². The van der Waals surface area contributed by atoms with Gasteiger partial charge in [0.25, 0.3) is 0 Å². The molecule has 0 aliphatic heterocycles. The highest BCUT2D eigenvalue weighted by molar-refractivity contribution is 5.80. The number of ether oxygens (including phenoxy) is 2. The van der Waals surface area contributed by atoms with Crippen LogP contribution in [0.4, 0.5) is 17.6 Å². The molecule has 4 rings (SSSR count). The number of rotatable bonds is 10. The van der Waals surface area contributed by atoms with Crippen molar-refractivity contribution >= 4 is 5.97 Å². The van der Waals surface area contributed by atoms with Gasteiger partial charge in [-0.25, -0.2) is 4.39 Å². The summed E-state index contributed by atoms with van der Waals surface area (Å²) in [6.45, 7) is 4.71. The van der Waals surface area contributed by atoms with Gasteiger partial charge in [0.15, 0.2) is 0 Å². The average molecular weight is 479 g/mol. The Morgan fingerprint density at radius 1 is 1.00 bits per heavy atom. The van der Waals surface area contributed by atoms with Crippen LogP contribution in [0.5, 0.6) is 5.75 Å². The van der Waals surface area contributed by atoms with Gasteiger partial charge in [0, 0.05) is 11.1 Å². The molecule has 2 aliphatic rings. The lowest BCUT2D eigenvalue weighted by atomic mass is 9.88. The summed E-state index contributed by atoms with van der Waals surface area (Å²) in [5.74, 6) is -0.506. The van der Waals surface area contributed by atoms with Gasteiger partial charge in [-0.05, 0) is 79.7 Å². The molecule has 184 valence electrons. The molecule has 2 aromatic carbocycles. The van der Waals surface area contributed by atoms with E-state index in [1.165, 1.54) is 24.3 Å². The molecular weight excluding hydrogens is 448 g/mol. The highest BCUT2D eigenvalue weighted by Gasteiger charge is 2.32. The summed E-state index contributed by atoms with van der Waals surface area (Å²) < 4.78 is 65.9. The summed E-state index contributed by atoms with van der Waals surface area (Å²) in [6, 6.07) is 7.39. The Hall–Kier alpha value is -2.57. The van der Waals surface area contributed by atoms with E-state index >= 15 is 4.39 Å². The van der Waals surface area contributed by atoms with Gasteiger partial charge in [-0.1, -0.05) is 26.0 Å². The molecule has 0 heterocycles. The first-order valence-corrected chi connectivity index (χ1v) is 11.9. The maximum atomic E-state index is 15.4. The van der Waals surface area contributed by atoms with Crippen molar-refractivity contribution in [2.24, 2.45) is 17.8 Å². The molecule has 0 aromatic heterocycles. The number of carbonyl (C=O) groups excluding carboxylic acids is 1. The number of benzene rings is 2. The molecule has 2 aliphatic carbocycles. The number of esters is 1. The Labute approximate surface area is 197 Å². The van der Waals surface area contributed by atoms with Crippen LogP contribution in [0.15, 0.2) is 36.4 Å². The fourth-order valence-corrected chi connectivity index (χ4v) is 3.92. The molecule has 2 saturated carbocycles. The number of halogens is 4. The summed E-state index contributed by atoms with van der Waals surface area (Å²) >= 11 is 0. The number of carbonyl (C=O) groups is 1. The lowest BCUT2D eigenvalue weighted by molar-refractivity contribution is -0.146. The van der Waals surface area contributed by atoms with Gasteiger partial charge in [-0.3, -0.25) is 4.79 Å². The number of hydrogen-bond donors (Lipinski definition) is 0. The summed E-state index contributed by atoms with van der Waals surface area (Å²) in [6.07, 6.45) is 0.140. The molecule has 0 N–H and O–H groups in total. The third-order valence-corrected chi connectivity index (χ3v) is 6.32. The predicted octanol–water partition coefficient (Wildman–Crippen LogP) is 7.38. The molecule has 0 saturated heterocycles. The van der Waals surface area contributed by atoms with E-state index in [2.05, 4.69) is 0 Å². The smallest absolute Gasteiger partial charge is 0.416 e. The van der Waals surface area contributed by atoms with Gasteiger partial charge in [-0.15, -0.1) is 0 Å². The molecule has 2 fully saturated rings. The van der Waals surface area contributed by atoms with Crippen LogP contribution in [0.2, 0.25) is 0 Å². The number of alkyl halides is 3. The fraction of sp³-hybridized carbons (Fsp3) is 0.519. The molecule has 0 bridgehead atoms. The van der Waals surface area contributed by atoms with Gasteiger partial charge >= 0.3 is 12.1 Å². The topological polar surface area (TPSA) is 35.5 Å². The summed E-state index contributed by atoms with van der Waals surface area (Å²) in [5, 5.41) is 0. The highest BCUT2D eigenvalue weighted by atomic mass is 19.4. The maximum Gasteiger partial charge on any atom is 0.416 e. The quantitative estimate of drug-likeness (QED) is 0.264. The molecule has 7 heteroatoms. The van der Waals surface area contributed by atoms with Crippen molar-refractivity contribution in [3.63, 3.8) is 0 Å². The van der Waals surface area contributed by atoms with Crippen LogP contribution >= 0.6 is 0 Å². The van der Waals surface area contributed by atoms with Crippen molar-refractivity contribution in [3.05, 3.63) is 53.3 Å². The third kappa shape index (κ3) is 6.30. The van der Waals surface area contributed by atoms with Crippen LogP contribution in [-0.4, -0.2) is 19.2 Å². The van der Waals surface area contributed by atoms with Crippen LogP contribution in [-0.2, 0) is 15.7 Å². The monoisotopic (exact) mass is 478 g/mol. The largest absolute Gasteiger partial charge is 0.493 e. The second-order valence-corrected chi connectivity index (χ2v) is 9.95. The summed E-state index contributed by atoms with van der Waals surface area (Å²) in [4.78, 5) is 12.9. The normalized spacial score (nSPS) is 17.0. The van der Waals surface area contributed by atoms with E-state index in [1.807, 2.05) is 13.8 Å². The first-order valence-electron chi connectivity index (χ1n) is 11.9. The zero-order valence-corrected chi connectivity index (χ0v) is 19.5. The Balaban J connectivity index is 1.68. The second-order valence-electron chi connectivity index (χ2n) is 9.95. The minimum atomic E-state index is -4.45. The molecule has 0 spiro atoms. The molecular formula is C27H30F4O3. The third-order valence-electron chi connectivity index (χ3n) is 6.32. The van der Waals surface area contributed by atoms with Gasteiger partial charge < -0.3 is 9.47 Å². The van der Waals surface area contributed by atoms with Crippen molar-refractivity contribution in [1.29, 1.82) is 0 Å². The van der Waals surface area contributed by atoms with Crippen molar-refractivity contribution < 1.29 is 31.8 Å². The van der Waals surface area contributed by atoms with E-state index < -0.39 is 29.4 Å². The molecule has 2 aromatic rings. The van der Waals surface area contributed by atoms with E-state index in [-0.39, 0.29) is 11.5 Å². The minimum absolute atomic E-state index is 0.128. The zero-order valence-electron chi connectivity index (χ0n) is 19.5. The molecule has 0 radical (unpaired) electrons. The van der Waals surface area contributed by atoms with Gasteiger partial charge in [0.2, 0.25) is 0 Å². The summed E-state index contributed by atoms with van der Waals surface area (Å²) in [5.41, 5.74) is 0.214. The maximum absolute atomic E-state index is 15.4. The molecule has 0 amide bonds. The van der Waals surface area contributed by atoms with Gasteiger partial charge in [0.1, 0.15) is 11.6 Å². The van der Waals surface area contributed by atoms with Crippen molar-refractivity contribution in [2.75, 3.05) is 13.2 Å². The van der Waals surface area contributed by atoms with Crippen molar-refractivity contribution in [3.8, 4) is 16.9 Å². The Morgan fingerprint density at radius 2 is 1.62 bits per heavy atom. The lowest BCUT2D eigenvalue weighted by Gasteiger charge is -2.21. The fourth-order valence-electron chi connectivity index (χ4n) is 3.92. The highest BCUT2D eigenvalue weighted by Crippen LogP contribution is 2.40. The molecule has 3 nitrogen and oxygen atoms in total. The summed E-state index contributed by atoms with van der Waals surface area (Å²) in [7, 11) is 0. The molecule has 1 atom stereocenters. The van der Waals surface area contributed by atoms with E-state index in [0.717, 1.165) is 37.8 Å². The van der Waals surface area contributed by atoms with E-state index in [1.54, 1.807) is 0 Å². The van der Waals surface area contributed by atoms with Crippen LogP contribution in [0.25, 0.3) is 11.1 Å². The second kappa shape index (κ2) is 9.96. The van der Waals surface area contributed by atoms with Crippen molar-refractivity contribution in [2.45, 2.75) is 58.0 Å². The van der Waals surface area contributed by atoms with Crippen LogP contribution in [0.1, 0.15) is 63.0 Å². The molecule has 1 unspecified atom stereocenters. The minimum Gasteiger partial charge on any atom is -0.493 e. The zero-order chi connectivity index (χ0) is 24.5. The first-order chi connectivity index (χ1) is 16.1. The van der Waals surface area contributed by atoms with Crippen LogP contribution in [0, 0.1) is 23.6 Å². The number of hydrogen-bond acceptors (Lipinski definition) is 3. The Morgan fingerprint density at radius 3 is 2.18 bits per heavy atom. The Kier molecular flexibility index (Phi) is 7.20. The van der Waals surface area contributed by atoms with E-state index in [0.29, 0.717) is 48.3 Å². The first kappa shape index (κ1) is 24.6. The average Bonchev–Trinajstić information content (AvgIpc) is 3.69. The standard InChI is InChI=1S/C27H30F4O3/c1-16(2)11-23(26(32)34-15-18-5-6-18)22-13-25(33-14-17-3-4-17)21(12-24(22)28)19-7-9-20(10-8-19)27(29,30)31/h7-10,12-13,16-18,23H,3-6,11,14-15H2,1-2H3. The van der Waals surface area contributed by atoms with Crippen molar-refractivity contribution in [1.82, 2.24) is 0 Å². The molecule has 34 heavy (non-hydrogen) atoms.